The summed E-state index contributed by atoms with van der Waals surface area (Å²) in [7, 11) is 0. The van der Waals surface area contributed by atoms with Gasteiger partial charge in [-0.3, -0.25) is 24.5 Å². The number of para-hydroxylation sites is 2. The summed E-state index contributed by atoms with van der Waals surface area (Å²) in [6.07, 6.45) is -0.946. The van der Waals surface area contributed by atoms with Crippen LogP contribution in [0.2, 0.25) is 0 Å². The second-order valence-corrected chi connectivity index (χ2v) is 10.9. The van der Waals surface area contributed by atoms with E-state index in [0.29, 0.717) is 5.69 Å². The van der Waals surface area contributed by atoms with Gasteiger partial charge in [-0.05, 0) is 76.7 Å². The molecule has 3 aromatic carbocycles. The lowest BCUT2D eigenvalue weighted by Crippen LogP contribution is -2.37. The fourth-order valence-corrected chi connectivity index (χ4v) is 6.56. The number of hydrogen-bond acceptors (Lipinski definition) is 7. The van der Waals surface area contributed by atoms with E-state index in [2.05, 4.69) is 22.6 Å². The largest absolute Gasteiger partial charge is 0.273 e. The van der Waals surface area contributed by atoms with Crippen LogP contribution >= 0.6 is 33.9 Å². The van der Waals surface area contributed by atoms with Crippen molar-refractivity contribution in [2.45, 2.75) is 12.1 Å². The average molecular weight is 623 g/mol. The summed E-state index contributed by atoms with van der Waals surface area (Å²) in [6.45, 7) is 0. The number of fused-ring (bicyclic) bond motifs is 1. The molecule has 10 heteroatoms. The summed E-state index contributed by atoms with van der Waals surface area (Å²) in [4.78, 5) is 47.2. The molecule has 8 nitrogen and oxygen atoms in total. The molecule has 2 saturated heterocycles. The van der Waals surface area contributed by atoms with Crippen molar-refractivity contribution >= 4 is 62.8 Å². The monoisotopic (exact) mass is 623 g/mol. The van der Waals surface area contributed by atoms with Crippen molar-refractivity contribution in [3.63, 3.8) is 0 Å². The number of imide groups is 1. The summed E-state index contributed by atoms with van der Waals surface area (Å²) in [5, 5.41) is 12.7. The van der Waals surface area contributed by atoms with E-state index in [0.717, 1.165) is 24.6 Å². The van der Waals surface area contributed by atoms with E-state index < -0.39 is 23.0 Å². The van der Waals surface area contributed by atoms with Crippen molar-refractivity contribution in [2.75, 3.05) is 9.96 Å². The molecule has 184 valence electrons. The van der Waals surface area contributed by atoms with Gasteiger partial charge in [0, 0.05) is 25.5 Å². The van der Waals surface area contributed by atoms with Crippen molar-refractivity contribution in [2.24, 2.45) is 5.92 Å². The van der Waals surface area contributed by atoms with Gasteiger partial charge in [-0.1, -0.05) is 30.3 Å². The first-order valence-electron chi connectivity index (χ1n) is 11.4. The Bertz CT molecular complexity index is 1520. The molecule has 4 aromatic rings. The van der Waals surface area contributed by atoms with Crippen LogP contribution in [-0.4, -0.2) is 22.8 Å². The SMILES string of the molecule is O=C1[C@H]2[C@@H](ON(c3ccccc3)[C@H]2c2ccc(-c3ccc([N+](=O)[O-])cc3)s2)C(=O)N1c1ccccc1I. The molecule has 2 aliphatic heterocycles. The van der Waals surface area contributed by atoms with Gasteiger partial charge in [0.1, 0.15) is 12.0 Å². The Balaban J connectivity index is 1.40. The van der Waals surface area contributed by atoms with Gasteiger partial charge in [0.2, 0.25) is 5.91 Å². The molecule has 0 saturated carbocycles. The predicted molar refractivity (Wildman–Crippen MR) is 148 cm³/mol. The number of carbonyl (C=O) groups excluding carboxylic acids is 2. The van der Waals surface area contributed by atoms with E-state index in [9.17, 15) is 19.7 Å². The van der Waals surface area contributed by atoms with Gasteiger partial charge in [0.05, 0.1) is 16.3 Å². The lowest BCUT2D eigenvalue weighted by atomic mass is 9.95. The van der Waals surface area contributed by atoms with Gasteiger partial charge in [-0.15, -0.1) is 11.3 Å². The molecule has 2 fully saturated rings. The van der Waals surface area contributed by atoms with Gasteiger partial charge in [0.15, 0.2) is 6.10 Å². The first kappa shape index (κ1) is 23.8. The van der Waals surface area contributed by atoms with Crippen LogP contribution in [-0.2, 0) is 14.4 Å². The van der Waals surface area contributed by atoms with Gasteiger partial charge in [-0.2, -0.15) is 0 Å². The third kappa shape index (κ3) is 4.01. The summed E-state index contributed by atoms with van der Waals surface area (Å²) in [5.41, 5.74) is 2.15. The van der Waals surface area contributed by atoms with E-state index >= 15 is 0 Å². The Kier molecular flexibility index (Phi) is 6.01. The third-order valence-electron chi connectivity index (χ3n) is 6.50. The molecular formula is C27H18IN3O5S. The number of carbonyl (C=O) groups is 2. The first-order chi connectivity index (χ1) is 17.9. The lowest BCUT2D eigenvalue weighted by molar-refractivity contribution is -0.384. The molecule has 6 rings (SSSR count). The minimum atomic E-state index is -0.946. The number of hydroxylamine groups is 1. The topological polar surface area (TPSA) is 93.0 Å². The summed E-state index contributed by atoms with van der Waals surface area (Å²) >= 11 is 3.60. The molecule has 0 radical (unpaired) electrons. The highest BCUT2D eigenvalue weighted by Gasteiger charge is 2.60. The molecule has 2 amide bonds. The molecule has 0 bridgehead atoms. The van der Waals surface area contributed by atoms with E-state index in [1.807, 2.05) is 54.6 Å². The minimum absolute atomic E-state index is 0.0218. The summed E-state index contributed by atoms with van der Waals surface area (Å²) < 4.78 is 0.801. The molecule has 37 heavy (non-hydrogen) atoms. The molecule has 0 unspecified atom stereocenters. The average Bonchev–Trinajstić information content (AvgIpc) is 3.61. The number of amides is 2. The number of non-ortho nitro benzene ring substituents is 1. The molecule has 2 aliphatic rings. The van der Waals surface area contributed by atoms with Crippen LogP contribution in [0.15, 0.2) is 91.0 Å². The Morgan fingerprint density at radius 1 is 0.865 bits per heavy atom. The second-order valence-electron chi connectivity index (χ2n) is 8.63. The Morgan fingerprint density at radius 2 is 1.57 bits per heavy atom. The highest BCUT2D eigenvalue weighted by Crippen LogP contribution is 2.50. The first-order valence-corrected chi connectivity index (χ1v) is 13.3. The van der Waals surface area contributed by atoms with E-state index in [-0.39, 0.29) is 17.5 Å². The number of hydrogen-bond donors (Lipinski definition) is 0. The van der Waals surface area contributed by atoms with Crippen LogP contribution in [0.25, 0.3) is 10.4 Å². The van der Waals surface area contributed by atoms with E-state index in [4.69, 9.17) is 4.84 Å². The third-order valence-corrected chi connectivity index (χ3v) is 8.62. The number of rotatable bonds is 5. The van der Waals surface area contributed by atoms with Crippen molar-refractivity contribution in [1.82, 2.24) is 0 Å². The number of thiophene rings is 1. The standard InChI is InChI=1S/C27H18IN3O5S/c28-19-8-4-5-9-20(19)29-26(32)23-24(30(36-25(23)27(29)33)17-6-2-1-3-7-17)22-15-14-21(37-22)16-10-12-18(13-11-16)31(34)35/h1-15,23-25H/t23-,24+,25-/m1/s1. The maximum absolute atomic E-state index is 13.8. The number of nitro benzene ring substituents is 1. The van der Waals surface area contributed by atoms with Crippen LogP contribution in [0.5, 0.6) is 0 Å². The quantitative estimate of drug-likeness (QED) is 0.118. The normalized spacial score (nSPS) is 20.9. The highest BCUT2D eigenvalue weighted by atomic mass is 127. The van der Waals surface area contributed by atoms with Crippen molar-refractivity contribution < 1.29 is 19.3 Å². The number of benzene rings is 3. The van der Waals surface area contributed by atoms with Crippen molar-refractivity contribution in [1.29, 1.82) is 0 Å². The van der Waals surface area contributed by atoms with Crippen LogP contribution in [0.3, 0.4) is 0 Å². The number of halogens is 1. The molecule has 1 aromatic heterocycles. The predicted octanol–water partition coefficient (Wildman–Crippen LogP) is 5.98. The van der Waals surface area contributed by atoms with Crippen LogP contribution < -0.4 is 9.96 Å². The molecule has 3 atom stereocenters. The molecule has 0 spiro atoms. The zero-order chi connectivity index (χ0) is 25.7. The number of nitro groups is 1. The molecule has 3 heterocycles. The van der Waals surface area contributed by atoms with Crippen LogP contribution in [0.4, 0.5) is 17.1 Å². The van der Waals surface area contributed by atoms with E-state index in [1.54, 1.807) is 29.3 Å². The van der Waals surface area contributed by atoms with Gasteiger partial charge >= 0.3 is 0 Å². The lowest BCUT2D eigenvalue weighted by Gasteiger charge is -2.28. The molecule has 0 N–H and O–H groups in total. The number of nitrogens with zero attached hydrogens (tertiary/aromatic N) is 3. The number of anilines is 2. The van der Waals surface area contributed by atoms with Gasteiger partial charge in [0.25, 0.3) is 11.6 Å². The minimum Gasteiger partial charge on any atom is -0.273 e. The fourth-order valence-electron chi connectivity index (χ4n) is 4.79. The fraction of sp³-hybridized carbons (Fsp3) is 0.111. The maximum atomic E-state index is 13.8. The van der Waals surface area contributed by atoms with Crippen molar-refractivity contribution in [3.8, 4) is 10.4 Å². The second kappa shape index (κ2) is 9.36. The Labute approximate surface area is 229 Å². The zero-order valence-electron chi connectivity index (χ0n) is 19.1. The van der Waals surface area contributed by atoms with E-state index in [1.165, 1.54) is 28.4 Å². The Hall–Kier alpha value is -3.61. The smallest absolute Gasteiger partial charge is 0.269 e. The van der Waals surface area contributed by atoms with Crippen LogP contribution in [0, 0.1) is 19.6 Å². The highest BCUT2D eigenvalue weighted by molar-refractivity contribution is 14.1. The summed E-state index contributed by atoms with van der Waals surface area (Å²) in [6, 6.07) is 26.4. The van der Waals surface area contributed by atoms with Crippen molar-refractivity contribution in [3.05, 3.63) is 110 Å². The molecular weight excluding hydrogens is 605 g/mol. The summed E-state index contributed by atoms with van der Waals surface area (Å²) in [5.74, 6) is -1.41. The Morgan fingerprint density at radius 3 is 2.27 bits per heavy atom. The van der Waals surface area contributed by atoms with Crippen LogP contribution in [0.1, 0.15) is 10.9 Å². The zero-order valence-corrected chi connectivity index (χ0v) is 22.0. The maximum Gasteiger partial charge on any atom is 0.269 e. The van der Waals surface area contributed by atoms with Gasteiger partial charge < -0.3 is 0 Å². The van der Waals surface area contributed by atoms with Gasteiger partial charge in [-0.25, -0.2) is 9.96 Å². The molecule has 0 aliphatic carbocycles.